The number of methoxy groups -OCH3 is 1. The van der Waals surface area contributed by atoms with Crippen LogP contribution in [0.2, 0.25) is 0 Å². The van der Waals surface area contributed by atoms with Crippen LogP contribution in [-0.4, -0.2) is 37.6 Å². The van der Waals surface area contributed by atoms with Crippen LogP contribution in [0.3, 0.4) is 0 Å². The van der Waals surface area contributed by atoms with Gasteiger partial charge in [-0.25, -0.2) is 0 Å². The lowest BCUT2D eigenvalue weighted by molar-refractivity contribution is -0.134. The minimum absolute atomic E-state index is 0.0880. The maximum atomic E-state index is 11.0. The average molecular weight is 143 g/mol. The SMILES string of the molecule is COCC(=O)N(C)C1CC1. The summed E-state index contributed by atoms with van der Waals surface area (Å²) in [6.45, 7) is 0.215. The first-order chi connectivity index (χ1) is 4.75. The Morgan fingerprint density at radius 3 is 2.70 bits per heavy atom. The molecule has 0 radical (unpaired) electrons. The fraction of sp³-hybridized carbons (Fsp3) is 0.857. The number of hydrogen-bond acceptors (Lipinski definition) is 2. The van der Waals surface area contributed by atoms with E-state index in [0.29, 0.717) is 6.04 Å². The Bertz CT molecular complexity index is 132. The van der Waals surface area contributed by atoms with E-state index < -0.39 is 0 Å². The minimum Gasteiger partial charge on any atom is -0.375 e. The highest BCUT2D eigenvalue weighted by Gasteiger charge is 2.28. The molecule has 0 aromatic rings. The Morgan fingerprint density at radius 1 is 1.70 bits per heavy atom. The van der Waals surface area contributed by atoms with Gasteiger partial charge in [-0.2, -0.15) is 0 Å². The van der Waals surface area contributed by atoms with Crippen molar-refractivity contribution in [2.45, 2.75) is 18.9 Å². The third-order valence-electron chi connectivity index (χ3n) is 1.76. The lowest BCUT2D eigenvalue weighted by atomic mass is 10.5. The summed E-state index contributed by atoms with van der Waals surface area (Å²) in [4.78, 5) is 12.8. The molecule has 0 bridgehead atoms. The molecule has 58 valence electrons. The second-order valence-corrected chi connectivity index (χ2v) is 2.67. The summed E-state index contributed by atoms with van der Waals surface area (Å²) in [7, 11) is 3.37. The molecular formula is C7H13NO2. The second kappa shape index (κ2) is 3.01. The van der Waals surface area contributed by atoms with Gasteiger partial charge in [-0.3, -0.25) is 4.79 Å². The maximum absolute atomic E-state index is 11.0. The van der Waals surface area contributed by atoms with Gasteiger partial charge in [-0.05, 0) is 12.8 Å². The van der Waals surface area contributed by atoms with Gasteiger partial charge in [0, 0.05) is 20.2 Å². The van der Waals surface area contributed by atoms with E-state index >= 15 is 0 Å². The molecule has 0 spiro atoms. The van der Waals surface area contributed by atoms with Gasteiger partial charge in [-0.1, -0.05) is 0 Å². The van der Waals surface area contributed by atoms with Crippen molar-refractivity contribution in [3.05, 3.63) is 0 Å². The van der Waals surface area contributed by atoms with Crippen molar-refractivity contribution in [3.8, 4) is 0 Å². The van der Waals surface area contributed by atoms with Gasteiger partial charge in [0.05, 0.1) is 0 Å². The van der Waals surface area contributed by atoms with E-state index in [2.05, 4.69) is 0 Å². The summed E-state index contributed by atoms with van der Waals surface area (Å²) >= 11 is 0. The van der Waals surface area contributed by atoms with Crippen LogP contribution in [0.1, 0.15) is 12.8 Å². The fourth-order valence-electron chi connectivity index (χ4n) is 0.891. The zero-order valence-electron chi connectivity index (χ0n) is 6.46. The molecule has 0 N–H and O–H groups in total. The summed E-state index contributed by atoms with van der Waals surface area (Å²) in [6, 6.07) is 0.502. The van der Waals surface area contributed by atoms with E-state index in [1.807, 2.05) is 7.05 Å². The van der Waals surface area contributed by atoms with Crippen molar-refractivity contribution < 1.29 is 9.53 Å². The Labute approximate surface area is 61.0 Å². The van der Waals surface area contributed by atoms with Gasteiger partial charge >= 0.3 is 0 Å². The third-order valence-corrected chi connectivity index (χ3v) is 1.76. The van der Waals surface area contributed by atoms with E-state index in [4.69, 9.17) is 4.74 Å². The predicted octanol–water partition coefficient (Wildman–Crippen LogP) is 0.254. The molecule has 1 saturated carbocycles. The second-order valence-electron chi connectivity index (χ2n) is 2.67. The molecule has 3 heteroatoms. The van der Waals surface area contributed by atoms with E-state index in [-0.39, 0.29) is 12.5 Å². The summed E-state index contributed by atoms with van der Waals surface area (Å²) in [6.07, 6.45) is 2.32. The molecule has 1 aliphatic carbocycles. The van der Waals surface area contributed by atoms with Crippen LogP contribution in [-0.2, 0) is 9.53 Å². The van der Waals surface area contributed by atoms with Crippen molar-refractivity contribution in [3.63, 3.8) is 0 Å². The molecule has 0 aliphatic heterocycles. The number of carbonyl (C=O) groups is 1. The summed E-state index contributed by atoms with van der Waals surface area (Å²) in [5, 5.41) is 0. The maximum Gasteiger partial charge on any atom is 0.248 e. The molecule has 0 heterocycles. The highest BCUT2D eigenvalue weighted by molar-refractivity contribution is 5.77. The van der Waals surface area contributed by atoms with Crippen LogP contribution in [0.25, 0.3) is 0 Å². The zero-order valence-corrected chi connectivity index (χ0v) is 6.46. The molecule has 3 nitrogen and oxygen atoms in total. The smallest absolute Gasteiger partial charge is 0.248 e. The van der Waals surface area contributed by atoms with Gasteiger partial charge in [-0.15, -0.1) is 0 Å². The van der Waals surface area contributed by atoms with Crippen LogP contribution in [0.4, 0.5) is 0 Å². The lowest BCUT2D eigenvalue weighted by Gasteiger charge is -2.14. The summed E-state index contributed by atoms with van der Waals surface area (Å²) in [5.41, 5.74) is 0. The molecule has 10 heavy (non-hydrogen) atoms. The predicted molar refractivity (Wildman–Crippen MR) is 37.7 cm³/mol. The van der Waals surface area contributed by atoms with Crippen molar-refractivity contribution in [2.24, 2.45) is 0 Å². The highest BCUT2D eigenvalue weighted by atomic mass is 16.5. The Hall–Kier alpha value is -0.570. The third kappa shape index (κ3) is 1.70. The molecule has 0 saturated heterocycles. The highest BCUT2D eigenvalue weighted by Crippen LogP contribution is 2.25. The Kier molecular flexibility index (Phi) is 2.27. The topological polar surface area (TPSA) is 29.5 Å². The molecule has 1 fully saturated rings. The van der Waals surface area contributed by atoms with Gasteiger partial charge in [0.25, 0.3) is 0 Å². The summed E-state index contributed by atoms with van der Waals surface area (Å²) in [5.74, 6) is 0.0880. The number of rotatable bonds is 3. The van der Waals surface area contributed by atoms with Crippen molar-refractivity contribution in [1.82, 2.24) is 4.90 Å². The molecule has 0 aromatic carbocycles. The van der Waals surface area contributed by atoms with Crippen molar-refractivity contribution in [2.75, 3.05) is 20.8 Å². The first kappa shape index (κ1) is 7.54. The zero-order chi connectivity index (χ0) is 7.56. The molecule has 0 unspecified atom stereocenters. The molecule has 1 aliphatic rings. The molecular weight excluding hydrogens is 130 g/mol. The van der Waals surface area contributed by atoms with Crippen LogP contribution in [0.15, 0.2) is 0 Å². The first-order valence-electron chi connectivity index (χ1n) is 3.50. The van der Waals surface area contributed by atoms with Crippen LogP contribution in [0.5, 0.6) is 0 Å². The first-order valence-corrected chi connectivity index (χ1v) is 3.50. The number of hydrogen-bond donors (Lipinski definition) is 0. The standard InChI is InChI=1S/C7H13NO2/c1-8(6-3-4-6)7(9)5-10-2/h6H,3-5H2,1-2H3. The van der Waals surface area contributed by atoms with E-state index in [0.717, 1.165) is 12.8 Å². The Morgan fingerprint density at radius 2 is 2.30 bits per heavy atom. The van der Waals surface area contributed by atoms with Gasteiger partial charge in [0.15, 0.2) is 0 Å². The van der Waals surface area contributed by atoms with Crippen molar-refractivity contribution in [1.29, 1.82) is 0 Å². The van der Waals surface area contributed by atoms with Gasteiger partial charge in [0.2, 0.25) is 5.91 Å². The van der Waals surface area contributed by atoms with Crippen LogP contribution < -0.4 is 0 Å². The monoisotopic (exact) mass is 143 g/mol. The van der Waals surface area contributed by atoms with Gasteiger partial charge < -0.3 is 9.64 Å². The number of nitrogens with zero attached hydrogens (tertiary/aromatic N) is 1. The number of likely N-dealkylation sites (N-methyl/N-ethyl adjacent to an activating group) is 1. The van der Waals surface area contributed by atoms with E-state index in [1.165, 1.54) is 0 Å². The van der Waals surface area contributed by atoms with E-state index in [9.17, 15) is 4.79 Å². The largest absolute Gasteiger partial charge is 0.375 e. The number of amides is 1. The molecule has 1 rings (SSSR count). The average Bonchev–Trinajstić information content (AvgIpc) is 2.68. The fourth-order valence-corrected chi connectivity index (χ4v) is 0.891. The van der Waals surface area contributed by atoms with E-state index in [1.54, 1.807) is 12.0 Å². The normalized spacial score (nSPS) is 17.0. The summed E-state index contributed by atoms with van der Waals surface area (Å²) < 4.78 is 4.71. The Balaban J connectivity index is 2.24. The molecule has 0 aromatic heterocycles. The quantitative estimate of drug-likeness (QED) is 0.567. The van der Waals surface area contributed by atoms with Crippen molar-refractivity contribution >= 4 is 5.91 Å². The minimum atomic E-state index is 0.0880. The number of carbonyl (C=O) groups excluding carboxylic acids is 1. The molecule has 1 amide bonds. The molecule has 0 atom stereocenters. The van der Waals surface area contributed by atoms with Crippen LogP contribution >= 0.6 is 0 Å². The van der Waals surface area contributed by atoms with Gasteiger partial charge in [0.1, 0.15) is 6.61 Å². The van der Waals surface area contributed by atoms with Crippen LogP contribution in [0, 0.1) is 0 Å². The number of ether oxygens (including phenoxy) is 1. The lowest BCUT2D eigenvalue weighted by Crippen LogP contribution is -2.31.